The van der Waals surface area contributed by atoms with Crippen LogP contribution >= 0.6 is 0 Å². The molecule has 5 heteroatoms. The minimum Gasteiger partial charge on any atom is -0.434 e. The van der Waals surface area contributed by atoms with Gasteiger partial charge in [-0.15, -0.1) is 10.2 Å². The first-order valence-corrected chi connectivity index (χ1v) is 5.06. The maximum atomic E-state index is 13.4. The maximum absolute atomic E-state index is 13.4. The van der Waals surface area contributed by atoms with Crippen molar-refractivity contribution in [1.29, 1.82) is 0 Å². The van der Waals surface area contributed by atoms with Crippen molar-refractivity contribution in [2.45, 2.75) is 13.5 Å². The van der Waals surface area contributed by atoms with Crippen molar-refractivity contribution in [3.63, 3.8) is 0 Å². The Morgan fingerprint density at radius 3 is 2.71 bits per heavy atom. The summed E-state index contributed by atoms with van der Waals surface area (Å²) < 4.78 is 18.6. The van der Waals surface area contributed by atoms with Crippen molar-refractivity contribution in [1.82, 2.24) is 10.2 Å². The van der Waals surface area contributed by atoms with E-state index in [0.717, 1.165) is 5.56 Å². The number of aryl methyl sites for hydroxylation is 1. The summed E-state index contributed by atoms with van der Waals surface area (Å²) in [4.78, 5) is 0. The van der Waals surface area contributed by atoms with Gasteiger partial charge in [-0.1, -0.05) is 6.07 Å². The number of hydrogen-bond donors (Lipinski definition) is 1. The van der Waals surface area contributed by atoms with Crippen LogP contribution in [-0.4, -0.2) is 15.3 Å². The van der Waals surface area contributed by atoms with E-state index in [1.54, 1.807) is 18.2 Å². The fourth-order valence-corrected chi connectivity index (χ4v) is 1.29. The quantitative estimate of drug-likeness (QED) is 0.884. The number of ether oxygens (including phenoxy) is 1. The van der Waals surface area contributed by atoms with Gasteiger partial charge in [0.1, 0.15) is 0 Å². The van der Waals surface area contributed by atoms with Crippen LogP contribution in [0.5, 0.6) is 11.6 Å². The third kappa shape index (κ3) is 2.76. The minimum absolute atomic E-state index is 0.107. The summed E-state index contributed by atoms with van der Waals surface area (Å²) in [7, 11) is 0. The number of hydrogen-bond acceptors (Lipinski definition) is 4. The van der Waals surface area contributed by atoms with Crippen LogP contribution in [0.1, 0.15) is 11.3 Å². The Balaban J connectivity index is 2.22. The van der Waals surface area contributed by atoms with Crippen LogP contribution in [0.3, 0.4) is 0 Å². The summed E-state index contributed by atoms with van der Waals surface area (Å²) >= 11 is 0. The van der Waals surface area contributed by atoms with Crippen LogP contribution in [0.4, 0.5) is 4.39 Å². The molecule has 88 valence electrons. The highest BCUT2D eigenvalue weighted by Gasteiger charge is 2.06. The van der Waals surface area contributed by atoms with Crippen LogP contribution in [0.2, 0.25) is 0 Å². The van der Waals surface area contributed by atoms with Crippen molar-refractivity contribution in [2.24, 2.45) is 0 Å². The molecule has 0 fully saturated rings. The normalized spacial score (nSPS) is 10.3. The number of aliphatic hydroxyl groups is 1. The van der Waals surface area contributed by atoms with E-state index in [1.165, 1.54) is 12.1 Å². The van der Waals surface area contributed by atoms with Gasteiger partial charge in [0.05, 0.1) is 12.3 Å². The number of nitrogens with zero attached hydrogens (tertiary/aromatic N) is 2. The lowest BCUT2D eigenvalue weighted by Crippen LogP contribution is -1.96. The van der Waals surface area contributed by atoms with Gasteiger partial charge in [0, 0.05) is 6.07 Å². The second-order valence-corrected chi connectivity index (χ2v) is 3.56. The van der Waals surface area contributed by atoms with E-state index in [4.69, 9.17) is 9.84 Å². The molecule has 0 spiro atoms. The summed E-state index contributed by atoms with van der Waals surface area (Å²) in [5.74, 6) is -0.161. The molecule has 4 nitrogen and oxygen atoms in total. The highest BCUT2D eigenvalue weighted by molar-refractivity contribution is 5.32. The predicted molar refractivity (Wildman–Crippen MR) is 59.2 cm³/mol. The van der Waals surface area contributed by atoms with Crippen LogP contribution in [0, 0.1) is 12.7 Å². The molecule has 2 rings (SSSR count). The molecule has 0 aliphatic heterocycles. The van der Waals surface area contributed by atoms with Crippen LogP contribution in [0.15, 0.2) is 30.3 Å². The molecule has 0 aliphatic carbocycles. The first-order valence-electron chi connectivity index (χ1n) is 5.06. The molecule has 17 heavy (non-hydrogen) atoms. The van der Waals surface area contributed by atoms with E-state index >= 15 is 0 Å². The monoisotopic (exact) mass is 234 g/mol. The van der Waals surface area contributed by atoms with Gasteiger partial charge in [-0.3, -0.25) is 0 Å². The standard InChI is InChI=1S/C12H11FN2O2/c1-8-2-4-10(13)11(6-8)17-12-5-3-9(7-16)14-15-12/h2-6,16H,7H2,1H3. The van der Waals surface area contributed by atoms with E-state index in [2.05, 4.69) is 10.2 Å². The Morgan fingerprint density at radius 2 is 2.06 bits per heavy atom. The average Bonchev–Trinajstić information content (AvgIpc) is 2.35. The lowest BCUT2D eigenvalue weighted by molar-refractivity contribution is 0.274. The molecule has 1 aromatic heterocycles. The van der Waals surface area contributed by atoms with Gasteiger partial charge in [-0.2, -0.15) is 0 Å². The first kappa shape index (κ1) is 11.5. The zero-order chi connectivity index (χ0) is 12.3. The lowest BCUT2D eigenvalue weighted by Gasteiger charge is -2.06. The molecular formula is C12H11FN2O2. The topological polar surface area (TPSA) is 55.2 Å². The number of aliphatic hydroxyl groups excluding tert-OH is 1. The second kappa shape index (κ2) is 4.88. The number of rotatable bonds is 3. The van der Waals surface area contributed by atoms with Gasteiger partial charge in [0.15, 0.2) is 11.6 Å². The predicted octanol–water partition coefficient (Wildman–Crippen LogP) is 2.21. The van der Waals surface area contributed by atoms with E-state index in [-0.39, 0.29) is 18.2 Å². The van der Waals surface area contributed by atoms with Crippen molar-refractivity contribution in [3.05, 3.63) is 47.4 Å². The maximum Gasteiger partial charge on any atom is 0.239 e. The minimum atomic E-state index is -0.455. The largest absolute Gasteiger partial charge is 0.434 e. The van der Waals surface area contributed by atoms with Gasteiger partial charge < -0.3 is 9.84 Å². The molecule has 0 saturated carbocycles. The molecule has 0 bridgehead atoms. The molecule has 1 heterocycles. The number of benzene rings is 1. The van der Waals surface area contributed by atoms with Crippen molar-refractivity contribution >= 4 is 0 Å². The van der Waals surface area contributed by atoms with E-state index < -0.39 is 5.82 Å². The summed E-state index contributed by atoms with van der Waals surface area (Å²) in [6.07, 6.45) is 0. The summed E-state index contributed by atoms with van der Waals surface area (Å²) in [5, 5.41) is 16.2. The molecule has 2 aromatic rings. The summed E-state index contributed by atoms with van der Waals surface area (Å²) in [6, 6.07) is 7.66. The molecule has 0 saturated heterocycles. The van der Waals surface area contributed by atoms with E-state index in [9.17, 15) is 4.39 Å². The van der Waals surface area contributed by atoms with Gasteiger partial charge >= 0.3 is 0 Å². The third-order valence-corrected chi connectivity index (χ3v) is 2.16. The fourth-order valence-electron chi connectivity index (χ4n) is 1.29. The SMILES string of the molecule is Cc1ccc(F)c(Oc2ccc(CO)nn2)c1. The Labute approximate surface area is 97.7 Å². The average molecular weight is 234 g/mol. The fraction of sp³-hybridized carbons (Fsp3) is 0.167. The first-order chi connectivity index (χ1) is 8.19. The molecule has 0 amide bonds. The molecule has 0 radical (unpaired) electrons. The van der Waals surface area contributed by atoms with Crippen molar-refractivity contribution in [2.75, 3.05) is 0 Å². The highest BCUT2D eigenvalue weighted by atomic mass is 19.1. The van der Waals surface area contributed by atoms with Gasteiger partial charge in [0.25, 0.3) is 0 Å². The molecule has 1 aromatic carbocycles. The highest BCUT2D eigenvalue weighted by Crippen LogP contribution is 2.23. The van der Waals surface area contributed by atoms with Crippen LogP contribution < -0.4 is 4.74 Å². The number of aromatic nitrogens is 2. The van der Waals surface area contributed by atoms with Gasteiger partial charge in [0.2, 0.25) is 5.88 Å². The Morgan fingerprint density at radius 1 is 1.24 bits per heavy atom. The molecule has 0 aliphatic rings. The molecule has 0 atom stereocenters. The van der Waals surface area contributed by atoms with E-state index in [1.807, 2.05) is 6.92 Å². The second-order valence-electron chi connectivity index (χ2n) is 3.56. The number of halogens is 1. The molecule has 1 N–H and O–H groups in total. The Kier molecular flexibility index (Phi) is 3.30. The summed E-state index contributed by atoms with van der Waals surface area (Å²) in [6.45, 7) is 1.65. The molecular weight excluding hydrogens is 223 g/mol. The molecule has 0 unspecified atom stereocenters. The van der Waals surface area contributed by atoms with Crippen LogP contribution in [-0.2, 0) is 6.61 Å². The summed E-state index contributed by atoms with van der Waals surface area (Å²) in [5.41, 5.74) is 1.32. The van der Waals surface area contributed by atoms with Crippen molar-refractivity contribution < 1.29 is 14.2 Å². The van der Waals surface area contributed by atoms with Crippen molar-refractivity contribution in [3.8, 4) is 11.6 Å². The zero-order valence-corrected chi connectivity index (χ0v) is 9.22. The van der Waals surface area contributed by atoms with Gasteiger partial charge in [-0.25, -0.2) is 4.39 Å². The van der Waals surface area contributed by atoms with Gasteiger partial charge in [-0.05, 0) is 30.7 Å². The lowest BCUT2D eigenvalue weighted by atomic mass is 10.2. The zero-order valence-electron chi connectivity index (χ0n) is 9.22. The Hall–Kier alpha value is -2.01. The Bertz CT molecular complexity index is 514. The smallest absolute Gasteiger partial charge is 0.239 e. The van der Waals surface area contributed by atoms with Crippen LogP contribution in [0.25, 0.3) is 0 Å². The third-order valence-electron chi connectivity index (χ3n) is 2.16. The van der Waals surface area contributed by atoms with E-state index in [0.29, 0.717) is 5.69 Å².